The largest absolute Gasteiger partial charge is 0.481 e. The van der Waals surface area contributed by atoms with Crippen molar-refractivity contribution in [3.05, 3.63) is 15.6 Å². The van der Waals surface area contributed by atoms with Gasteiger partial charge in [0.15, 0.2) is 0 Å². The van der Waals surface area contributed by atoms with Crippen LogP contribution in [0.25, 0.3) is 0 Å². The quantitative estimate of drug-likeness (QED) is 0.799. The number of nitrogens with zero attached hydrogens (tertiary/aromatic N) is 1. The molecule has 0 spiro atoms. The van der Waals surface area contributed by atoms with E-state index in [1.165, 1.54) is 4.88 Å². The molecular weight excluding hydrogens is 226 g/mol. The lowest BCUT2D eigenvalue weighted by Gasteiger charge is -2.01. The van der Waals surface area contributed by atoms with E-state index in [1.807, 2.05) is 0 Å². The molecule has 16 heavy (non-hydrogen) atoms. The lowest BCUT2D eigenvalue weighted by Crippen LogP contribution is -2.08. The molecule has 1 N–H and O–H groups in total. The van der Waals surface area contributed by atoms with Crippen molar-refractivity contribution in [2.45, 2.75) is 31.6 Å². The highest BCUT2D eigenvalue weighted by Crippen LogP contribution is 2.36. The van der Waals surface area contributed by atoms with Crippen molar-refractivity contribution in [3.8, 4) is 0 Å². The predicted octanol–water partition coefficient (Wildman–Crippen LogP) is 1.84. The van der Waals surface area contributed by atoms with Crippen LogP contribution in [0.5, 0.6) is 0 Å². The van der Waals surface area contributed by atoms with Gasteiger partial charge in [0.05, 0.1) is 10.7 Å². The van der Waals surface area contributed by atoms with Crippen LogP contribution in [0, 0.1) is 0 Å². The Labute approximate surface area is 98.3 Å². The van der Waals surface area contributed by atoms with Gasteiger partial charge in [-0.05, 0) is 19.3 Å². The maximum absolute atomic E-state index is 11.0. The Morgan fingerprint density at radius 2 is 2.50 bits per heavy atom. The lowest BCUT2D eigenvalue weighted by molar-refractivity contribution is -0.138. The molecule has 0 aliphatic heterocycles. The minimum absolute atomic E-state index is 0.373. The highest BCUT2D eigenvalue weighted by molar-refractivity contribution is 7.11. The van der Waals surface area contributed by atoms with Gasteiger partial charge in [-0.15, -0.1) is 11.3 Å². The third-order valence-electron chi connectivity index (χ3n) is 2.80. The van der Waals surface area contributed by atoms with E-state index in [2.05, 4.69) is 4.98 Å². The van der Waals surface area contributed by atoms with Gasteiger partial charge in [0.25, 0.3) is 0 Å². The van der Waals surface area contributed by atoms with Crippen LogP contribution in [0.15, 0.2) is 0 Å². The fourth-order valence-corrected chi connectivity index (χ4v) is 3.18. The Morgan fingerprint density at radius 1 is 1.69 bits per heavy atom. The first-order valence-corrected chi connectivity index (χ1v) is 6.24. The third kappa shape index (κ3) is 2.25. The molecular formula is C11H15NO3S. The Balaban J connectivity index is 2.04. The van der Waals surface area contributed by atoms with E-state index in [-0.39, 0.29) is 5.92 Å². The Morgan fingerprint density at radius 3 is 3.19 bits per heavy atom. The van der Waals surface area contributed by atoms with Crippen LogP contribution in [0.2, 0.25) is 0 Å². The monoisotopic (exact) mass is 241 g/mol. The zero-order valence-corrected chi connectivity index (χ0v) is 10.0. The second kappa shape index (κ2) is 4.93. The minimum Gasteiger partial charge on any atom is -0.481 e. The fraction of sp³-hybridized carbons (Fsp3) is 0.636. The number of aryl methyl sites for hydroxylation is 2. The molecule has 2 rings (SSSR count). The number of thiazole rings is 1. The molecule has 1 unspecified atom stereocenters. The first-order chi connectivity index (χ1) is 7.72. The summed E-state index contributed by atoms with van der Waals surface area (Å²) in [6, 6.07) is 0. The van der Waals surface area contributed by atoms with Crippen LogP contribution >= 0.6 is 11.3 Å². The number of ether oxygens (including phenoxy) is 1. The van der Waals surface area contributed by atoms with Crippen LogP contribution in [0.1, 0.15) is 34.3 Å². The highest BCUT2D eigenvalue weighted by atomic mass is 32.1. The number of carbonyl (C=O) groups is 1. The summed E-state index contributed by atoms with van der Waals surface area (Å²) in [7, 11) is 1.68. The number of fused-ring (bicyclic) bond motifs is 1. The molecule has 0 saturated carbocycles. The van der Waals surface area contributed by atoms with Crippen molar-refractivity contribution < 1.29 is 14.6 Å². The standard InChI is InChI=1S/C11H15NO3S/c1-15-6-2-3-9-12-10-7(11(13)14)4-5-8(10)16-9/h7H,2-6H2,1H3,(H,13,14). The van der Waals surface area contributed by atoms with E-state index in [4.69, 9.17) is 9.84 Å². The summed E-state index contributed by atoms with van der Waals surface area (Å²) in [5, 5.41) is 10.1. The van der Waals surface area contributed by atoms with Crippen molar-refractivity contribution >= 4 is 17.3 Å². The number of rotatable bonds is 5. The molecule has 0 aromatic carbocycles. The number of hydrogen-bond acceptors (Lipinski definition) is 4. The number of aliphatic carboxylic acids is 1. The van der Waals surface area contributed by atoms with E-state index in [1.54, 1.807) is 18.4 Å². The minimum atomic E-state index is -0.743. The first-order valence-electron chi connectivity index (χ1n) is 5.42. The normalized spacial score (nSPS) is 18.7. The average molecular weight is 241 g/mol. The molecule has 0 radical (unpaired) electrons. The van der Waals surface area contributed by atoms with Gasteiger partial charge in [-0.1, -0.05) is 0 Å². The number of aromatic nitrogens is 1. The maximum atomic E-state index is 11.0. The van der Waals surface area contributed by atoms with E-state index in [0.29, 0.717) is 6.42 Å². The SMILES string of the molecule is COCCCc1nc2c(s1)CCC2C(=O)O. The van der Waals surface area contributed by atoms with Gasteiger partial charge in [0, 0.05) is 25.0 Å². The van der Waals surface area contributed by atoms with E-state index < -0.39 is 5.97 Å². The van der Waals surface area contributed by atoms with Crippen LogP contribution in [-0.2, 0) is 22.4 Å². The molecule has 1 aromatic rings. The first kappa shape index (κ1) is 11.5. The van der Waals surface area contributed by atoms with Crippen molar-refractivity contribution in [2.75, 3.05) is 13.7 Å². The topological polar surface area (TPSA) is 59.4 Å². The molecule has 5 heteroatoms. The molecule has 0 bridgehead atoms. The molecule has 0 fully saturated rings. The average Bonchev–Trinajstić information content (AvgIpc) is 2.76. The van der Waals surface area contributed by atoms with Gasteiger partial charge in [-0.25, -0.2) is 4.98 Å². The van der Waals surface area contributed by atoms with E-state index in [9.17, 15) is 4.79 Å². The van der Waals surface area contributed by atoms with Gasteiger partial charge in [-0.2, -0.15) is 0 Å². The molecule has 4 nitrogen and oxygen atoms in total. The Kier molecular flexibility index (Phi) is 3.56. The lowest BCUT2D eigenvalue weighted by atomic mass is 10.1. The Bertz CT molecular complexity index is 389. The van der Waals surface area contributed by atoms with E-state index in [0.717, 1.165) is 36.6 Å². The van der Waals surface area contributed by atoms with Gasteiger partial charge < -0.3 is 9.84 Å². The maximum Gasteiger partial charge on any atom is 0.312 e. The van der Waals surface area contributed by atoms with Crippen LogP contribution in [0.4, 0.5) is 0 Å². The molecule has 1 atom stereocenters. The molecule has 0 saturated heterocycles. The van der Waals surface area contributed by atoms with Crippen molar-refractivity contribution in [3.63, 3.8) is 0 Å². The van der Waals surface area contributed by atoms with E-state index >= 15 is 0 Å². The zero-order chi connectivity index (χ0) is 11.5. The fourth-order valence-electron chi connectivity index (χ4n) is 1.99. The molecule has 1 aliphatic rings. The van der Waals surface area contributed by atoms with Crippen molar-refractivity contribution in [1.29, 1.82) is 0 Å². The summed E-state index contributed by atoms with van der Waals surface area (Å²) in [5.41, 5.74) is 0.810. The second-order valence-electron chi connectivity index (χ2n) is 3.94. The molecule has 1 aliphatic carbocycles. The molecule has 88 valence electrons. The van der Waals surface area contributed by atoms with Gasteiger partial charge in [-0.3, -0.25) is 4.79 Å². The van der Waals surface area contributed by atoms with Gasteiger partial charge in [0.2, 0.25) is 0 Å². The molecule has 1 heterocycles. The van der Waals surface area contributed by atoms with Crippen LogP contribution in [-0.4, -0.2) is 29.8 Å². The summed E-state index contributed by atoms with van der Waals surface area (Å²) in [6.07, 6.45) is 3.41. The van der Waals surface area contributed by atoms with Crippen molar-refractivity contribution in [1.82, 2.24) is 4.98 Å². The summed E-state index contributed by atoms with van der Waals surface area (Å²) in [6.45, 7) is 0.729. The number of carboxylic acid groups (broad SMARTS) is 1. The smallest absolute Gasteiger partial charge is 0.312 e. The predicted molar refractivity (Wildman–Crippen MR) is 61.0 cm³/mol. The summed E-state index contributed by atoms with van der Waals surface area (Å²) in [5.74, 6) is -1.12. The number of hydrogen-bond donors (Lipinski definition) is 1. The van der Waals surface area contributed by atoms with Gasteiger partial charge >= 0.3 is 5.97 Å². The number of methoxy groups -OCH3 is 1. The van der Waals surface area contributed by atoms with Crippen LogP contribution < -0.4 is 0 Å². The summed E-state index contributed by atoms with van der Waals surface area (Å²) >= 11 is 1.66. The molecule has 0 amide bonds. The van der Waals surface area contributed by atoms with Gasteiger partial charge in [0.1, 0.15) is 5.92 Å². The summed E-state index contributed by atoms with van der Waals surface area (Å²) in [4.78, 5) is 16.6. The zero-order valence-electron chi connectivity index (χ0n) is 9.23. The number of carboxylic acids is 1. The van der Waals surface area contributed by atoms with Crippen LogP contribution in [0.3, 0.4) is 0 Å². The second-order valence-corrected chi connectivity index (χ2v) is 5.11. The highest BCUT2D eigenvalue weighted by Gasteiger charge is 2.32. The third-order valence-corrected chi connectivity index (χ3v) is 3.99. The Hall–Kier alpha value is -0.940. The summed E-state index contributed by atoms with van der Waals surface area (Å²) < 4.78 is 4.98. The molecule has 1 aromatic heterocycles. The van der Waals surface area contributed by atoms with Crippen molar-refractivity contribution in [2.24, 2.45) is 0 Å².